The average Bonchev–Trinajstić information content (AvgIpc) is 2.78. The van der Waals surface area contributed by atoms with Crippen LogP contribution in [-0.2, 0) is 22.1 Å². The highest BCUT2D eigenvalue weighted by atomic mass is 35.5. The van der Waals surface area contributed by atoms with Gasteiger partial charge in [-0.3, -0.25) is 4.79 Å². The summed E-state index contributed by atoms with van der Waals surface area (Å²) in [5, 5.41) is 10.4. The molecule has 0 unspecified atom stereocenters. The van der Waals surface area contributed by atoms with Gasteiger partial charge in [0.05, 0.1) is 36.8 Å². The second kappa shape index (κ2) is 11.2. The molecule has 6 nitrogen and oxygen atoms in total. The summed E-state index contributed by atoms with van der Waals surface area (Å²) in [5.41, 5.74) is 2.63. The SMILES string of the molecule is CC(C)Oc1ccc(Cl)c(CC(=O)N2[C@@H](CO[Si](C)(C)C(C)(C)C)Cc3c(C(=O)O)cccc3[C@@H]2C)c1. The first-order valence-electron chi connectivity index (χ1n) is 12.9. The maximum Gasteiger partial charge on any atom is 0.335 e. The zero-order valence-electron chi connectivity index (χ0n) is 23.2. The van der Waals surface area contributed by atoms with E-state index >= 15 is 0 Å². The molecule has 0 saturated heterocycles. The fourth-order valence-electron chi connectivity index (χ4n) is 4.59. The number of carboxylic acids is 1. The maximum atomic E-state index is 13.9. The summed E-state index contributed by atoms with van der Waals surface area (Å²) >= 11 is 6.49. The standard InChI is InChI=1S/C29H40ClNO5Si/c1-18(2)36-22-12-13-26(30)20(14-22)15-27(32)31-19(3)23-10-9-11-24(28(33)34)25(23)16-21(31)17-35-37(7,8)29(4,5)6/h9-14,18-19,21H,15-17H2,1-8H3,(H,33,34)/t19-,21+/m0/s1. The largest absolute Gasteiger partial charge is 0.491 e. The molecule has 1 aliphatic rings. The summed E-state index contributed by atoms with van der Waals surface area (Å²) in [7, 11) is -2.10. The smallest absolute Gasteiger partial charge is 0.335 e. The fraction of sp³-hybridized carbons (Fsp3) is 0.517. The van der Waals surface area contributed by atoms with Gasteiger partial charge in [0.2, 0.25) is 5.91 Å². The van der Waals surface area contributed by atoms with E-state index in [-0.39, 0.29) is 41.1 Å². The number of carboxylic acid groups (broad SMARTS) is 1. The first kappa shape index (κ1) is 29.2. The van der Waals surface area contributed by atoms with E-state index in [9.17, 15) is 14.7 Å². The molecule has 37 heavy (non-hydrogen) atoms. The molecule has 3 rings (SSSR count). The third-order valence-electron chi connectivity index (χ3n) is 7.60. The molecule has 202 valence electrons. The fourth-order valence-corrected chi connectivity index (χ4v) is 5.82. The number of halogens is 1. The zero-order valence-corrected chi connectivity index (χ0v) is 25.0. The zero-order chi connectivity index (χ0) is 27.7. The Morgan fingerprint density at radius 3 is 2.46 bits per heavy atom. The van der Waals surface area contributed by atoms with Crippen LogP contribution in [-0.4, -0.2) is 49.0 Å². The van der Waals surface area contributed by atoms with Gasteiger partial charge in [-0.1, -0.05) is 44.5 Å². The molecule has 0 radical (unpaired) electrons. The van der Waals surface area contributed by atoms with Crippen LogP contribution in [0.2, 0.25) is 23.2 Å². The molecule has 0 bridgehead atoms. The molecule has 0 fully saturated rings. The van der Waals surface area contributed by atoms with E-state index in [4.69, 9.17) is 20.8 Å². The summed E-state index contributed by atoms with van der Waals surface area (Å²) in [6, 6.07) is 10.1. The highest BCUT2D eigenvalue weighted by Gasteiger charge is 2.41. The molecular weight excluding hydrogens is 506 g/mol. The van der Waals surface area contributed by atoms with Gasteiger partial charge >= 0.3 is 5.97 Å². The predicted octanol–water partition coefficient (Wildman–Crippen LogP) is 6.90. The number of fused-ring (bicyclic) bond motifs is 1. The van der Waals surface area contributed by atoms with Crippen molar-refractivity contribution in [3.05, 3.63) is 63.7 Å². The van der Waals surface area contributed by atoms with E-state index in [1.807, 2.05) is 37.8 Å². The van der Waals surface area contributed by atoms with Gasteiger partial charge in [-0.05, 0) is 86.3 Å². The van der Waals surface area contributed by atoms with Crippen molar-refractivity contribution in [1.29, 1.82) is 0 Å². The van der Waals surface area contributed by atoms with Gasteiger partial charge in [-0.25, -0.2) is 4.79 Å². The Hall–Kier alpha value is -2.35. The molecule has 0 spiro atoms. The topological polar surface area (TPSA) is 76.1 Å². The molecule has 0 saturated carbocycles. The van der Waals surface area contributed by atoms with Gasteiger partial charge < -0.3 is 19.2 Å². The summed E-state index contributed by atoms with van der Waals surface area (Å²) in [6.07, 6.45) is 0.541. The summed E-state index contributed by atoms with van der Waals surface area (Å²) in [4.78, 5) is 27.8. The molecule has 1 N–H and O–H groups in total. The van der Waals surface area contributed by atoms with E-state index in [0.29, 0.717) is 29.4 Å². The van der Waals surface area contributed by atoms with Crippen molar-refractivity contribution in [2.24, 2.45) is 0 Å². The quantitative estimate of drug-likeness (QED) is 0.365. The molecule has 2 aromatic rings. The number of carbonyl (C=O) groups excluding carboxylic acids is 1. The van der Waals surface area contributed by atoms with Gasteiger partial charge in [0.1, 0.15) is 5.75 Å². The van der Waals surface area contributed by atoms with Crippen LogP contribution >= 0.6 is 11.6 Å². The lowest BCUT2D eigenvalue weighted by atomic mass is 9.85. The lowest BCUT2D eigenvalue weighted by Gasteiger charge is -2.44. The number of rotatable bonds is 8. The first-order chi connectivity index (χ1) is 17.1. The van der Waals surface area contributed by atoms with E-state index in [1.165, 1.54) is 0 Å². The van der Waals surface area contributed by atoms with Gasteiger partial charge in [0.15, 0.2) is 8.32 Å². The molecule has 1 amide bonds. The monoisotopic (exact) mass is 545 g/mol. The third-order valence-corrected chi connectivity index (χ3v) is 12.5. The Labute approximate surface area is 227 Å². The lowest BCUT2D eigenvalue weighted by Crippen LogP contribution is -2.52. The summed E-state index contributed by atoms with van der Waals surface area (Å²) < 4.78 is 12.4. The molecule has 1 aliphatic heterocycles. The van der Waals surface area contributed by atoms with Crippen molar-refractivity contribution >= 4 is 31.8 Å². The number of hydrogen-bond acceptors (Lipinski definition) is 4. The number of nitrogens with zero attached hydrogens (tertiary/aromatic N) is 1. The highest BCUT2D eigenvalue weighted by molar-refractivity contribution is 6.74. The number of ether oxygens (including phenoxy) is 1. The number of aromatic carboxylic acids is 1. The van der Waals surface area contributed by atoms with Crippen LogP contribution in [0, 0.1) is 0 Å². The van der Waals surface area contributed by atoms with Crippen LogP contribution in [0.15, 0.2) is 36.4 Å². The van der Waals surface area contributed by atoms with Crippen molar-refractivity contribution < 1.29 is 23.9 Å². The molecule has 8 heteroatoms. The second-order valence-electron chi connectivity index (χ2n) is 11.7. The average molecular weight is 546 g/mol. The Morgan fingerprint density at radius 2 is 1.86 bits per heavy atom. The summed E-state index contributed by atoms with van der Waals surface area (Å²) in [6.45, 7) is 17.1. The van der Waals surface area contributed by atoms with E-state index < -0.39 is 14.3 Å². The lowest BCUT2D eigenvalue weighted by molar-refractivity contribution is -0.137. The Balaban J connectivity index is 1.98. The summed E-state index contributed by atoms with van der Waals surface area (Å²) in [5.74, 6) is -0.365. The minimum absolute atomic E-state index is 0.00337. The van der Waals surface area contributed by atoms with Crippen LogP contribution in [0.4, 0.5) is 0 Å². The molecule has 1 heterocycles. The van der Waals surface area contributed by atoms with E-state index in [2.05, 4.69) is 33.9 Å². The van der Waals surface area contributed by atoms with Gasteiger partial charge in [-0.15, -0.1) is 0 Å². The normalized spacial score (nSPS) is 18.1. The molecule has 0 aliphatic carbocycles. The van der Waals surface area contributed by atoms with Crippen molar-refractivity contribution in [2.45, 2.75) is 90.7 Å². The van der Waals surface area contributed by atoms with Crippen LogP contribution in [0.1, 0.15) is 74.6 Å². The Kier molecular flexibility index (Phi) is 8.82. The molecule has 0 aromatic heterocycles. The molecular formula is C29H40ClNO5Si. The first-order valence-corrected chi connectivity index (χ1v) is 16.2. The minimum atomic E-state index is -2.10. The van der Waals surface area contributed by atoms with Crippen LogP contribution in [0.25, 0.3) is 0 Å². The molecule has 2 atom stereocenters. The highest BCUT2D eigenvalue weighted by Crippen LogP contribution is 2.39. The number of carbonyl (C=O) groups is 2. The third kappa shape index (κ3) is 6.56. The van der Waals surface area contributed by atoms with Crippen molar-refractivity contribution in [3.63, 3.8) is 0 Å². The Morgan fingerprint density at radius 1 is 1.19 bits per heavy atom. The predicted molar refractivity (Wildman–Crippen MR) is 150 cm³/mol. The minimum Gasteiger partial charge on any atom is -0.491 e. The van der Waals surface area contributed by atoms with E-state index in [0.717, 1.165) is 11.1 Å². The number of amides is 1. The number of hydrogen-bond donors (Lipinski definition) is 1. The van der Waals surface area contributed by atoms with Crippen LogP contribution < -0.4 is 4.74 Å². The van der Waals surface area contributed by atoms with Gasteiger partial charge in [0, 0.05) is 5.02 Å². The van der Waals surface area contributed by atoms with Crippen molar-refractivity contribution in [1.82, 2.24) is 4.90 Å². The van der Waals surface area contributed by atoms with Crippen LogP contribution in [0.3, 0.4) is 0 Å². The second-order valence-corrected chi connectivity index (χ2v) is 16.9. The Bertz CT molecular complexity index is 1160. The van der Waals surface area contributed by atoms with Gasteiger partial charge in [0.25, 0.3) is 0 Å². The van der Waals surface area contributed by atoms with Crippen molar-refractivity contribution in [3.8, 4) is 5.75 Å². The maximum absolute atomic E-state index is 13.9. The van der Waals surface area contributed by atoms with Crippen molar-refractivity contribution in [2.75, 3.05) is 6.61 Å². The van der Waals surface area contributed by atoms with E-state index in [1.54, 1.807) is 24.3 Å². The van der Waals surface area contributed by atoms with Crippen LogP contribution in [0.5, 0.6) is 5.75 Å². The number of benzene rings is 2. The van der Waals surface area contributed by atoms with Gasteiger partial charge in [-0.2, -0.15) is 0 Å². The molecule has 2 aromatic carbocycles.